The number of rotatable bonds is 5. The van der Waals surface area contributed by atoms with Crippen molar-refractivity contribution >= 4 is 44.9 Å². The third-order valence-corrected chi connectivity index (χ3v) is 16.4. The number of aliphatic hydroxyl groups is 1. The predicted molar refractivity (Wildman–Crippen MR) is 239 cm³/mol. The Morgan fingerprint density at radius 2 is 1.98 bits per heavy atom. The lowest BCUT2D eigenvalue weighted by molar-refractivity contribution is -0.145. The van der Waals surface area contributed by atoms with Gasteiger partial charge in [0, 0.05) is 68.5 Å². The Kier molecular flexibility index (Phi) is 12.1. The van der Waals surface area contributed by atoms with Crippen LogP contribution in [-0.4, -0.2) is 130 Å². The Morgan fingerprint density at radius 3 is 2.79 bits per heavy atom. The van der Waals surface area contributed by atoms with Crippen molar-refractivity contribution in [3.05, 3.63) is 82.0 Å². The molecule has 2 aromatic carbocycles. The first-order valence-electron chi connectivity index (χ1n) is 22.2. The van der Waals surface area contributed by atoms with Crippen LogP contribution in [-0.2, 0) is 38.3 Å². The molecule has 1 spiro atoms. The number of amides is 3. The number of morpholine rings is 1. The number of carbonyl (C=O) groups is 3. The van der Waals surface area contributed by atoms with Crippen LogP contribution in [0.2, 0.25) is 5.02 Å². The van der Waals surface area contributed by atoms with Gasteiger partial charge in [0.05, 0.1) is 56.4 Å². The van der Waals surface area contributed by atoms with Crippen LogP contribution >= 0.6 is 11.6 Å². The summed E-state index contributed by atoms with van der Waals surface area (Å²) in [5, 5.41) is 17.8. The molecule has 6 aliphatic rings. The minimum atomic E-state index is -3.75. The van der Waals surface area contributed by atoms with E-state index in [9.17, 15) is 23.7 Å². The van der Waals surface area contributed by atoms with Crippen molar-refractivity contribution in [2.75, 3.05) is 76.9 Å². The van der Waals surface area contributed by atoms with Gasteiger partial charge in [-0.25, -0.2) is 4.21 Å². The standard InChI is InChI=1S/C46H58ClN7O8S/c1-30-6-4-15-46(58,22-41(55)53-17-16-52-18-19-61-26-35(52)24-53)38-11-8-33(38)23-54-28-45(14-5-7-31-20-34(47)10-12-37(31)45)29-62-40-13-9-32(21-39(40)54)42(56)49-63(59,27-30)50-43(57)36-25-51(2)48-44(36)60-3/h4,9-10,12-13,15,20-21,25,30,33,35,38,58H,5-8,11,14,16-19,22-24,26-29H2,1-3H3,(H,49,50,56,57,59)/b15-4+/t30-,33-,35-,38+,45-,46-,63-/m0/s1. The average molecular weight is 905 g/mol. The number of hydrogen-bond acceptors (Lipinski definition) is 11. The highest BCUT2D eigenvalue weighted by atomic mass is 35.5. The summed E-state index contributed by atoms with van der Waals surface area (Å²) in [7, 11) is -0.734. The van der Waals surface area contributed by atoms with E-state index in [0.717, 1.165) is 45.2 Å². The molecular formula is C46H58ClN7O8S. The maximum absolute atomic E-state index is 14.9. The fourth-order valence-electron chi connectivity index (χ4n) is 10.8. The molecule has 0 unspecified atom stereocenters. The van der Waals surface area contributed by atoms with Crippen LogP contribution in [0.3, 0.4) is 0 Å². The number of ether oxygens (including phenoxy) is 3. The summed E-state index contributed by atoms with van der Waals surface area (Å²) < 4.78 is 41.0. The van der Waals surface area contributed by atoms with Crippen LogP contribution < -0.4 is 19.1 Å². The van der Waals surface area contributed by atoms with Gasteiger partial charge in [0.1, 0.15) is 21.2 Å². The molecule has 2 N–H and O–H groups in total. The van der Waals surface area contributed by atoms with E-state index in [0.29, 0.717) is 68.9 Å². The van der Waals surface area contributed by atoms with E-state index in [-0.39, 0.29) is 58.9 Å². The maximum atomic E-state index is 14.9. The summed E-state index contributed by atoms with van der Waals surface area (Å²) in [4.78, 5) is 48.9. The number of nitrogens with one attached hydrogen (secondary N) is 1. The van der Waals surface area contributed by atoms with Gasteiger partial charge < -0.3 is 29.1 Å². The fraction of sp³-hybridized carbons (Fsp3) is 0.565. The van der Waals surface area contributed by atoms with E-state index < -0.39 is 32.7 Å². The topological polar surface area (TPSA) is 168 Å². The van der Waals surface area contributed by atoms with Crippen LogP contribution in [0.25, 0.3) is 0 Å². The molecule has 4 aliphatic heterocycles. The largest absolute Gasteiger partial charge is 0.490 e. The lowest BCUT2D eigenvalue weighted by atomic mass is 9.63. The van der Waals surface area contributed by atoms with E-state index in [1.54, 1.807) is 31.3 Å². The zero-order valence-electron chi connectivity index (χ0n) is 36.3. The monoisotopic (exact) mass is 903 g/mol. The number of benzene rings is 2. The van der Waals surface area contributed by atoms with Gasteiger partial charge in [0.2, 0.25) is 11.8 Å². The average Bonchev–Trinajstić information content (AvgIpc) is 3.56. The Hall–Kier alpha value is -4.48. The Morgan fingerprint density at radius 1 is 1.13 bits per heavy atom. The van der Waals surface area contributed by atoms with Gasteiger partial charge in [-0.15, -0.1) is 9.46 Å². The van der Waals surface area contributed by atoms with Crippen molar-refractivity contribution in [3.63, 3.8) is 0 Å². The molecule has 3 fully saturated rings. The summed E-state index contributed by atoms with van der Waals surface area (Å²) >= 11 is 6.52. The molecule has 2 saturated heterocycles. The SMILES string of the molecule is COc1nn(C)cc1C(=O)N[S@@]1(=O)=NC(=O)c2ccc3c(c2)N(C[C@@H]2CC[C@H]2[C@@](O)(CC(=O)N2CCN4CCOC[C@@H]4C2)/C=C/C[C@H](C)C1)C[C@@]1(CCCc2cc(Cl)ccc21)CO3. The van der Waals surface area contributed by atoms with E-state index in [2.05, 4.69) is 36.1 Å². The number of methoxy groups -OCH3 is 1. The van der Waals surface area contributed by atoms with Crippen LogP contribution in [0.4, 0.5) is 5.69 Å². The summed E-state index contributed by atoms with van der Waals surface area (Å²) in [5.74, 6) is -1.69. The molecule has 3 amide bonds. The molecular weight excluding hydrogens is 846 g/mol. The highest BCUT2D eigenvalue weighted by Crippen LogP contribution is 2.49. The number of allylic oxidation sites excluding steroid dienone is 1. The summed E-state index contributed by atoms with van der Waals surface area (Å²) in [6, 6.07) is 11.4. The zero-order chi connectivity index (χ0) is 44.1. The Balaban J connectivity index is 1.10. The first kappa shape index (κ1) is 43.8. The molecule has 1 aromatic heterocycles. The number of nitrogens with zero attached hydrogens (tertiary/aromatic N) is 6. The van der Waals surface area contributed by atoms with E-state index >= 15 is 0 Å². The molecule has 9 rings (SSSR count). The first-order valence-corrected chi connectivity index (χ1v) is 24.3. The van der Waals surface area contributed by atoms with Crippen LogP contribution in [0, 0.1) is 17.8 Å². The minimum Gasteiger partial charge on any atom is -0.490 e. The van der Waals surface area contributed by atoms with E-state index in [4.69, 9.17) is 25.8 Å². The van der Waals surface area contributed by atoms with E-state index in [1.165, 1.54) is 29.1 Å². The molecule has 3 aromatic rings. The third kappa shape index (κ3) is 8.85. The van der Waals surface area contributed by atoms with Crippen molar-refractivity contribution in [2.45, 2.75) is 68.9 Å². The number of aromatic nitrogens is 2. The number of carbonyl (C=O) groups excluding carboxylic acids is 3. The van der Waals surface area contributed by atoms with Gasteiger partial charge in [-0.2, -0.15) is 0 Å². The maximum Gasteiger partial charge on any atom is 0.286 e. The molecule has 15 nitrogen and oxygen atoms in total. The van der Waals surface area contributed by atoms with Crippen molar-refractivity contribution in [2.24, 2.45) is 29.2 Å². The van der Waals surface area contributed by atoms with Crippen molar-refractivity contribution < 1.29 is 37.9 Å². The molecule has 17 heteroatoms. The summed E-state index contributed by atoms with van der Waals surface area (Å²) in [5.41, 5.74) is 1.46. The number of anilines is 1. The number of fused-ring (bicyclic) bond motifs is 5. The summed E-state index contributed by atoms with van der Waals surface area (Å²) in [6.45, 7) is 7.42. The van der Waals surface area contributed by atoms with Gasteiger partial charge in [-0.1, -0.05) is 36.7 Å². The zero-order valence-corrected chi connectivity index (χ0v) is 37.9. The fourth-order valence-corrected chi connectivity index (χ4v) is 12.9. The van der Waals surface area contributed by atoms with Crippen LogP contribution in [0.5, 0.6) is 11.6 Å². The number of aryl methyl sites for hydroxylation is 2. The summed E-state index contributed by atoms with van der Waals surface area (Å²) in [6.07, 6.45) is 9.69. The third-order valence-electron chi connectivity index (χ3n) is 14.2. The minimum absolute atomic E-state index is 0.0140. The molecule has 1 saturated carbocycles. The molecule has 2 aliphatic carbocycles. The highest BCUT2D eigenvalue weighted by molar-refractivity contribution is 7.92. The molecule has 338 valence electrons. The highest BCUT2D eigenvalue weighted by Gasteiger charge is 2.49. The number of hydrogen-bond donors (Lipinski definition) is 2. The van der Waals surface area contributed by atoms with Crippen LogP contribution in [0.1, 0.15) is 77.3 Å². The van der Waals surface area contributed by atoms with Crippen molar-refractivity contribution in [1.82, 2.24) is 24.3 Å². The predicted octanol–water partition coefficient (Wildman–Crippen LogP) is 4.79. The van der Waals surface area contributed by atoms with Gasteiger partial charge in [0.15, 0.2) is 0 Å². The lowest BCUT2D eigenvalue weighted by Crippen LogP contribution is -2.60. The normalized spacial score (nSPS) is 31.5. The number of piperazine rings is 1. The molecule has 7 atom stereocenters. The lowest BCUT2D eigenvalue weighted by Gasteiger charge is -2.50. The second kappa shape index (κ2) is 17.5. The van der Waals surface area contributed by atoms with Gasteiger partial charge in [-0.05, 0) is 97.7 Å². The Labute approximate surface area is 374 Å². The smallest absolute Gasteiger partial charge is 0.286 e. The van der Waals surface area contributed by atoms with Gasteiger partial charge in [-0.3, -0.25) is 28.7 Å². The van der Waals surface area contributed by atoms with E-state index in [1.807, 2.05) is 24.0 Å². The first-order chi connectivity index (χ1) is 30.2. The number of halogens is 1. The van der Waals surface area contributed by atoms with Crippen molar-refractivity contribution in [1.29, 1.82) is 0 Å². The van der Waals surface area contributed by atoms with Gasteiger partial charge in [0.25, 0.3) is 11.8 Å². The molecule has 0 radical (unpaired) electrons. The quantitative estimate of drug-likeness (QED) is 0.338. The molecule has 5 heterocycles. The van der Waals surface area contributed by atoms with Gasteiger partial charge >= 0.3 is 0 Å². The second-order valence-corrected chi connectivity index (χ2v) is 21.0. The second-order valence-electron chi connectivity index (χ2n) is 18.6. The van der Waals surface area contributed by atoms with Crippen LogP contribution in [0.15, 0.2) is 59.1 Å². The van der Waals surface area contributed by atoms with Crippen molar-refractivity contribution in [3.8, 4) is 11.6 Å². The molecule has 63 heavy (non-hydrogen) atoms. The molecule has 2 bridgehead atoms. The Bertz CT molecular complexity index is 2440.